The van der Waals surface area contributed by atoms with Gasteiger partial charge in [-0.1, -0.05) is 12.8 Å². The van der Waals surface area contributed by atoms with Gasteiger partial charge in [-0.25, -0.2) is 8.42 Å². The van der Waals surface area contributed by atoms with E-state index in [0.29, 0.717) is 18.8 Å². The molecule has 0 aliphatic carbocycles. The van der Waals surface area contributed by atoms with Crippen molar-refractivity contribution < 1.29 is 13.2 Å². The third kappa shape index (κ3) is 2.94. The molecule has 0 bridgehead atoms. The first-order chi connectivity index (χ1) is 9.59. The molecular weight excluding hydrogens is 276 g/mol. The molecular formula is C14H18N2O3S. The smallest absolute Gasteiger partial charge is 0.243 e. The lowest BCUT2D eigenvalue weighted by Gasteiger charge is -2.20. The number of hydrogen-bond acceptors (Lipinski definition) is 4. The maximum atomic E-state index is 12.6. The van der Waals surface area contributed by atoms with E-state index in [1.165, 1.54) is 29.6 Å². The molecule has 0 amide bonds. The molecule has 0 N–H and O–H groups in total. The largest absolute Gasteiger partial charge is 0.495 e. The molecule has 0 radical (unpaired) electrons. The molecule has 1 aromatic carbocycles. The lowest BCUT2D eigenvalue weighted by Crippen LogP contribution is -2.31. The van der Waals surface area contributed by atoms with E-state index in [4.69, 9.17) is 10.00 Å². The van der Waals surface area contributed by atoms with Gasteiger partial charge in [0.2, 0.25) is 10.0 Å². The van der Waals surface area contributed by atoms with Gasteiger partial charge in [0, 0.05) is 13.1 Å². The van der Waals surface area contributed by atoms with Crippen molar-refractivity contribution in [1.29, 1.82) is 5.26 Å². The van der Waals surface area contributed by atoms with Crippen LogP contribution in [0.4, 0.5) is 0 Å². The predicted octanol–water partition coefficient (Wildman–Crippen LogP) is 2.13. The summed E-state index contributed by atoms with van der Waals surface area (Å²) in [5, 5.41) is 9.06. The first-order valence-electron chi connectivity index (χ1n) is 6.68. The Morgan fingerprint density at radius 3 is 2.40 bits per heavy atom. The van der Waals surface area contributed by atoms with Crippen molar-refractivity contribution in [2.45, 2.75) is 30.6 Å². The standard InChI is InChI=1S/C14H18N2O3S/c1-19-14-7-6-13(10-12(14)11-15)20(17,18)16-8-4-2-3-5-9-16/h6-7,10H,2-5,8-9H2,1H3. The molecule has 2 rings (SSSR count). The molecule has 0 saturated carbocycles. The highest BCUT2D eigenvalue weighted by molar-refractivity contribution is 7.89. The van der Waals surface area contributed by atoms with E-state index in [2.05, 4.69) is 0 Å². The van der Waals surface area contributed by atoms with E-state index in [1.54, 1.807) is 0 Å². The van der Waals surface area contributed by atoms with Gasteiger partial charge < -0.3 is 4.74 Å². The second kappa shape index (κ2) is 6.25. The van der Waals surface area contributed by atoms with Crippen LogP contribution in [0.2, 0.25) is 0 Å². The van der Waals surface area contributed by atoms with Crippen molar-refractivity contribution >= 4 is 10.0 Å². The fourth-order valence-electron chi connectivity index (χ4n) is 2.37. The molecule has 0 aromatic heterocycles. The van der Waals surface area contributed by atoms with Crippen LogP contribution in [0.1, 0.15) is 31.2 Å². The number of hydrogen-bond donors (Lipinski definition) is 0. The maximum Gasteiger partial charge on any atom is 0.243 e. The van der Waals surface area contributed by atoms with Gasteiger partial charge in [-0.15, -0.1) is 0 Å². The third-order valence-electron chi connectivity index (χ3n) is 3.49. The second-order valence-electron chi connectivity index (χ2n) is 4.79. The molecule has 0 spiro atoms. The third-order valence-corrected chi connectivity index (χ3v) is 5.39. The van der Waals surface area contributed by atoms with Crippen molar-refractivity contribution in [3.63, 3.8) is 0 Å². The molecule has 0 unspecified atom stereocenters. The maximum absolute atomic E-state index is 12.6. The Morgan fingerprint density at radius 2 is 1.85 bits per heavy atom. The molecule has 1 aromatic rings. The molecule has 20 heavy (non-hydrogen) atoms. The molecule has 5 nitrogen and oxygen atoms in total. The number of methoxy groups -OCH3 is 1. The van der Waals surface area contributed by atoms with Crippen LogP contribution in [-0.4, -0.2) is 32.9 Å². The summed E-state index contributed by atoms with van der Waals surface area (Å²) in [6, 6.07) is 6.39. The first-order valence-corrected chi connectivity index (χ1v) is 8.12. The Labute approximate surface area is 119 Å². The Hall–Kier alpha value is -1.58. The van der Waals surface area contributed by atoms with Gasteiger partial charge in [0.15, 0.2) is 0 Å². The molecule has 108 valence electrons. The van der Waals surface area contributed by atoms with E-state index in [1.807, 2.05) is 6.07 Å². The summed E-state index contributed by atoms with van der Waals surface area (Å²) in [6.07, 6.45) is 3.91. The summed E-state index contributed by atoms with van der Waals surface area (Å²) in [5.41, 5.74) is 0.239. The monoisotopic (exact) mass is 294 g/mol. The molecule has 1 aliphatic rings. The van der Waals surface area contributed by atoms with Gasteiger partial charge in [0.1, 0.15) is 11.8 Å². The molecule has 1 fully saturated rings. The van der Waals surface area contributed by atoms with E-state index in [9.17, 15) is 8.42 Å². The summed E-state index contributed by atoms with van der Waals surface area (Å²) >= 11 is 0. The highest BCUT2D eigenvalue weighted by Crippen LogP contribution is 2.25. The topological polar surface area (TPSA) is 70.4 Å². The quantitative estimate of drug-likeness (QED) is 0.856. The van der Waals surface area contributed by atoms with Crippen LogP contribution in [0.25, 0.3) is 0 Å². The fraction of sp³-hybridized carbons (Fsp3) is 0.500. The SMILES string of the molecule is COc1ccc(S(=O)(=O)N2CCCCCC2)cc1C#N. The second-order valence-corrected chi connectivity index (χ2v) is 6.73. The molecule has 1 saturated heterocycles. The number of ether oxygens (including phenoxy) is 1. The minimum Gasteiger partial charge on any atom is -0.495 e. The van der Waals surface area contributed by atoms with Crippen LogP contribution in [0, 0.1) is 11.3 Å². The Bertz CT molecular complexity index is 612. The lowest BCUT2D eigenvalue weighted by molar-refractivity contribution is 0.412. The number of benzene rings is 1. The zero-order valence-corrected chi connectivity index (χ0v) is 12.3. The van der Waals surface area contributed by atoms with Crippen LogP contribution in [-0.2, 0) is 10.0 Å². The summed E-state index contributed by atoms with van der Waals surface area (Å²) in [7, 11) is -2.06. The molecule has 1 heterocycles. The first kappa shape index (κ1) is 14.8. The van der Waals surface area contributed by atoms with Gasteiger partial charge in [-0.05, 0) is 31.0 Å². The average Bonchev–Trinajstić information content (AvgIpc) is 2.76. The van der Waals surface area contributed by atoms with E-state index >= 15 is 0 Å². The van der Waals surface area contributed by atoms with Crippen molar-refractivity contribution in [2.24, 2.45) is 0 Å². The number of nitrogens with zero attached hydrogens (tertiary/aromatic N) is 2. The van der Waals surface area contributed by atoms with Crippen molar-refractivity contribution in [3.8, 4) is 11.8 Å². The summed E-state index contributed by atoms with van der Waals surface area (Å²) < 4.78 is 31.7. The predicted molar refractivity (Wildman–Crippen MR) is 74.9 cm³/mol. The Balaban J connectivity index is 2.36. The minimum atomic E-state index is -3.52. The van der Waals surface area contributed by atoms with Crippen LogP contribution in [0.5, 0.6) is 5.75 Å². The summed E-state index contributed by atoms with van der Waals surface area (Å²) in [6.45, 7) is 1.10. The molecule has 1 aliphatic heterocycles. The van der Waals surface area contributed by atoms with E-state index < -0.39 is 10.0 Å². The van der Waals surface area contributed by atoms with Crippen LogP contribution in [0.3, 0.4) is 0 Å². The van der Waals surface area contributed by atoms with Gasteiger partial charge >= 0.3 is 0 Å². The van der Waals surface area contributed by atoms with Crippen molar-refractivity contribution in [3.05, 3.63) is 23.8 Å². The highest BCUT2D eigenvalue weighted by Gasteiger charge is 2.25. The van der Waals surface area contributed by atoms with Gasteiger partial charge in [-0.3, -0.25) is 0 Å². The van der Waals surface area contributed by atoms with Crippen molar-refractivity contribution in [1.82, 2.24) is 4.31 Å². The Kier molecular flexibility index (Phi) is 4.63. The summed E-state index contributed by atoms with van der Waals surface area (Å²) in [4.78, 5) is 0.164. The zero-order valence-electron chi connectivity index (χ0n) is 11.5. The van der Waals surface area contributed by atoms with Crippen LogP contribution < -0.4 is 4.74 Å². The lowest BCUT2D eigenvalue weighted by atomic mass is 10.2. The van der Waals surface area contributed by atoms with Gasteiger partial charge in [-0.2, -0.15) is 9.57 Å². The zero-order chi connectivity index (χ0) is 14.6. The number of sulfonamides is 1. The Morgan fingerprint density at radius 1 is 1.20 bits per heavy atom. The number of rotatable bonds is 3. The molecule has 0 atom stereocenters. The number of nitriles is 1. The molecule has 6 heteroatoms. The van der Waals surface area contributed by atoms with E-state index in [0.717, 1.165) is 25.7 Å². The highest BCUT2D eigenvalue weighted by atomic mass is 32.2. The van der Waals surface area contributed by atoms with Crippen LogP contribution >= 0.6 is 0 Å². The minimum absolute atomic E-state index is 0.164. The fourth-order valence-corrected chi connectivity index (χ4v) is 3.91. The van der Waals surface area contributed by atoms with Gasteiger partial charge in [0.05, 0.1) is 17.6 Å². The van der Waals surface area contributed by atoms with Gasteiger partial charge in [0.25, 0.3) is 0 Å². The normalized spacial score (nSPS) is 17.2. The summed E-state index contributed by atoms with van der Waals surface area (Å²) in [5.74, 6) is 0.391. The van der Waals surface area contributed by atoms with Crippen molar-refractivity contribution in [2.75, 3.05) is 20.2 Å². The van der Waals surface area contributed by atoms with E-state index in [-0.39, 0.29) is 10.5 Å². The average molecular weight is 294 g/mol. The van der Waals surface area contributed by atoms with Crippen LogP contribution in [0.15, 0.2) is 23.1 Å².